The van der Waals surface area contributed by atoms with Crippen molar-refractivity contribution in [3.63, 3.8) is 0 Å². The van der Waals surface area contributed by atoms with E-state index in [-0.39, 0.29) is 5.69 Å². The van der Waals surface area contributed by atoms with Gasteiger partial charge in [0.2, 0.25) is 0 Å². The normalized spacial score (nSPS) is 15.1. The zero-order valence-corrected chi connectivity index (χ0v) is 10.8. The van der Waals surface area contributed by atoms with Crippen LogP contribution in [0.3, 0.4) is 0 Å². The van der Waals surface area contributed by atoms with Gasteiger partial charge in [-0.15, -0.1) is 5.10 Å². The molecule has 1 N–H and O–H groups in total. The van der Waals surface area contributed by atoms with Crippen molar-refractivity contribution in [3.05, 3.63) is 10.5 Å². The molecule has 1 aromatic rings. The zero-order chi connectivity index (χ0) is 12.3. The third-order valence-electron chi connectivity index (χ3n) is 2.81. The molecular formula is C11H17N3O2S. The standard InChI is InChI=1S/C11H17N3O2S/c1-2-9(15)4-3-7-17-11-13-12-10(16)14(11)8-5-6-8/h8H,2-7H2,1H3,(H,12,16). The van der Waals surface area contributed by atoms with Gasteiger partial charge < -0.3 is 0 Å². The molecule has 0 aliphatic heterocycles. The molecule has 2 rings (SSSR count). The Balaban J connectivity index is 1.83. The number of H-pyrrole nitrogens is 1. The number of carbonyl (C=O) groups excluding carboxylic acids is 1. The van der Waals surface area contributed by atoms with Crippen LogP contribution < -0.4 is 5.69 Å². The van der Waals surface area contributed by atoms with Crippen molar-refractivity contribution in [3.8, 4) is 0 Å². The molecule has 1 saturated carbocycles. The Morgan fingerprint density at radius 2 is 2.35 bits per heavy atom. The lowest BCUT2D eigenvalue weighted by Crippen LogP contribution is -2.16. The predicted octanol–water partition coefficient (Wildman–Crippen LogP) is 1.76. The molecule has 0 radical (unpaired) electrons. The highest BCUT2D eigenvalue weighted by Crippen LogP contribution is 2.36. The number of ketones is 1. The van der Waals surface area contributed by atoms with Crippen LogP contribution in [0.25, 0.3) is 0 Å². The second-order valence-corrected chi connectivity index (χ2v) is 5.32. The first kappa shape index (κ1) is 12.4. The van der Waals surface area contributed by atoms with Gasteiger partial charge in [0.15, 0.2) is 5.16 Å². The number of aromatic amines is 1. The third-order valence-corrected chi connectivity index (χ3v) is 3.85. The SMILES string of the molecule is CCC(=O)CCCSc1n[nH]c(=O)n1C1CC1. The number of nitrogens with zero attached hydrogens (tertiary/aromatic N) is 2. The predicted molar refractivity (Wildman–Crippen MR) is 66.4 cm³/mol. The van der Waals surface area contributed by atoms with E-state index in [9.17, 15) is 9.59 Å². The molecule has 1 heterocycles. The van der Waals surface area contributed by atoms with Crippen LogP contribution in [0, 0.1) is 0 Å². The first-order valence-electron chi connectivity index (χ1n) is 6.03. The number of hydrogen-bond donors (Lipinski definition) is 1. The van der Waals surface area contributed by atoms with Crippen molar-refractivity contribution in [2.75, 3.05) is 5.75 Å². The van der Waals surface area contributed by atoms with Gasteiger partial charge in [0.1, 0.15) is 5.78 Å². The van der Waals surface area contributed by atoms with Gasteiger partial charge in [-0.1, -0.05) is 18.7 Å². The van der Waals surface area contributed by atoms with E-state index in [0.717, 1.165) is 30.2 Å². The Morgan fingerprint density at radius 1 is 1.59 bits per heavy atom. The van der Waals surface area contributed by atoms with Crippen molar-refractivity contribution in [1.29, 1.82) is 0 Å². The summed E-state index contributed by atoms with van der Waals surface area (Å²) < 4.78 is 1.74. The maximum absolute atomic E-state index is 11.5. The van der Waals surface area contributed by atoms with Gasteiger partial charge in [-0.25, -0.2) is 9.89 Å². The molecule has 0 aromatic carbocycles. The number of aromatic nitrogens is 3. The summed E-state index contributed by atoms with van der Waals surface area (Å²) in [6, 6.07) is 0.348. The average molecular weight is 255 g/mol. The highest BCUT2D eigenvalue weighted by molar-refractivity contribution is 7.99. The smallest absolute Gasteiger partial charge is 0.300 e. The Morgan fingerprint density at radius 3 is 3.00 bits per heavy atom. The van der Waals surface area contributed by atoms with Gasteiger partial charge in [0, 0.05) is 24.6 Å². The molecule has 0 bridgehead atoms. The fourth-order valence-electron chi connectivity index (χ4n) is 1.66. The lowest BCUT2D eigenvalue weighted by atomic mass is 10.2. The molecule has 94 valence electrons. The van der Waals surface area contributed by atoms with E-state index < -0.39 is 0 Å². The molecule has 0 atom stereocenters. The number of hydrogen-bond acceptors (Lipinski definition) is 4. The second kappa shape index (κ2) is 5.53. The lowest BCUT2D eigenvalue weighted by Gasteiger charge is -2.02. The van der Waals surface area contributed by atoms with Gasteiger partial charge in [0.25, 0.3) is 0 Å². The largest absolute Gasteiger partial charge is 0.344 e. The molecule has 1 aromatic heterocycles. The molecule has 0 spiro atoms. The number of thioether (sulfide) groups is 1. The molecule has 6 heteroatoms. The van der Waals surface area contributed by atoms with Crippen molar-refractivity contribution < 1.29 is 4.79 Å². The van der Waals surface area contributed by atoms with Gasteiger partial charge in [-0.3, -0.25) is 9.36 Å². The molecular weight excluding hydrogens is 238 g/mol. The summed E-state index contributed by atoms with van der Waals surface area (Å²) in [4.78, 5) is 22.6. The average Bonchev–Trinajstić information content (AvgIpc) is 3.09. The summed E-state index contributed by atoms with van der Waals surface area (Å²) in [6.45, 7) is 1.88. The maximum atomic E-state index is 11.5. The summed E-state index contributed by atoms with van der Waals surface area (Å²) in [5.41, 5.74) is -0.111. The monoisotopic (exact) mass is 255 g/mol. The van der Waals surface area contributed by atoms with Crippen molar-refractivity contribution in [2.24, 2.45) is 0 Å². The lowest BCUT2D eigenvalue weighted by molar-refractivity contribution is -0.118. The van der Waals surface area contributed by atoms with E-state index in [4.69, 9.17) is 0 Å². The van der Waals surface area contributed by atoms with Crippen LogP contribution in [0.1, 0.15) is 45.1 Å². The van der Waals surface area contributed by atoms with Crippen LogP contribution in [0.2, 0.25) is 0 Å². The molecule has 1 fully saturated rings. The van der Waals surface area contributed by atoms with Crippen molar-refractivity contribution in [1.82, 2.24) is 14.8 Å². The topological polar surface area (TPSA) is 67.8 Å². The quantitative estimate of drug-likeness (QED) is 0.595. The number of Topliss-reactive ketones (excluding diaryl/α,β-unsaturated/α-hetero) is 1. The Kier molecular flexibility index (Phi) is 4.04. The minimum absolute atomic E-state index is 0.111. The summed E-state index contributed by atoms with van der Waals surface area (Å²) in [6.07, 6.45) is 4.23. The van der Waals surface area contributed by atoms with Crippen LogP contribution in [-0.2, 0) is 4.79 Å². The zero-order valence-electron chi connectivity index (χ0n) is 9.94. The highest BCUT2D eigenvalue weighted by Gasteiger charge is 2.28. The Bertz CT molecular complexity index is 448. The van der Waals surface area contributed by atoms with Gasteiger partial charge in [-0.05, 0) is 19.3 Å². The first-order valence-corrected chi connectivity index (χ1v) is 7.02. The minimum atomic E-state index is -0.111. The molecule has 1 aliphatic carbocycles. The highest BCUT2D eigenvalue weighted by atomic mass is 32.2. The van der Waals surface area contributed by atoms with Gasteiger partial charge >= 0.3 is 5.69 Å². The first-order chi connectivity index (χ1) is 8.22. The molecule has 0 amide bonds. The molecule has 0 saturated heterocycles. The van der Waals surface area contributed by atoms with E-state index >= 15 is 0 Å². The van der Waals surface area contributed by atoms with Crippen LogP contribution in [0.5, 0.6) is 0 Å². The summed E-state index contributed by atoms with van der Waals surface area (Å²) in [7, 11) is 0. The third kappa shape index (κ3) is 3.21. The Labute approximate surface area is 104 Å². The summed E-state index contributed by atoms with van der Waals surface area (Å²) >= 11 is 1.56. The summed E-state index contributed by atoms with van der Waals surface area (Å²) in [5, 5.41) is 7.27. The maximum Gasteiger partial charge on any atom is 0.344 e. The van der Waals surface area contributed by atoms with E-state index in [1.165, 1.54) is 0 Å². The number of nitrogens with one attached hydrogen (secondary N) is 1. The van der Waals surface area contributed by atoms with Crippen molar-refractivity contribution in [2.45, 2.75) is 50.2 Å². The van der Waals surface area contributed by atoms with Gasteiger partial charge in [-0.2, -0.15) is 0 Å². The molecule has 1 aliphatic rings. The van der Waals surface area contributed by atoms with E-state index in [2.05, 4.69) is 10.2 Å². The van der Waals surface area contributed by atoms with Crippen LogP contribution in [0.15, 0.2) is 9.95 Å². The fraction of sp³-hybridized carbons (Fsp3) is 0.727. The van der Waals surface area contributed by atoms with E-state index in [1.807, 2.05) is 6.92 Å². The number of rotatable bonds is 7. The van der Waals surface area contributed by atoms with Crippen LogP contribution in [-0.4, -0.2) is 26.3 Å². The molecule has 17 heavy (non-hydrogen) atoms. The Hall–Kier alpha value is -1.04. The van der Waals surface area contributed by atoms with Crippen molar-refractivity contribution >= 4 is 17.5 Å². The minimum Gasteiger partial charge on any atom is -0.300 e. The van der Waals surface area contributed by atoms with Crippen LogP contribution in [0.4, 0.5) is 0 Å². The molecule has 5 nitrogen and oxygen atoms in total. The summed E-state index contributed by atoms with van der Waals surface area (Å²) in [5.74, 6) is 1.13. The fourth-order valence-corrected chi connectivity index (χ4v) is 2.61. The molecule has 0 unspecified atom stereocenters. The van der Waals surface area contributed by atoms with E-state index in [0.29, 0.717) is 24.7 Å². The van der Waals surface area contributed by atoms with Crippen LogP contribution >= 0.6 is 11.8 Å². The van der Waals surface area contributed by atoms with E-state index in [1.54, 1.807) is 16.3 Å². The number of carbonyl (C=O) groups is 1. The second-order valence-electron chi connectivity index (χ2n) is 4.26. The van der Waals surface area contributed by atoms with Gasteiger partial charge in [0.05, 0.1) is 0 Å².